The number of amides is 1. The summed E-state index contributed by atoms with van der Waals surface area (Å²) in [6.07, 6.45) is 2.31. The van der Waals surface area contributed by atoms with E-state index in [9.17, 15) is 4.79 Å². The molecule has 0 atom stereocenters. The summed E-state index contributed by atoms with van der Waals surface area (Å²) in [5.74, 6) is 0.371. The molecular formula is C29H32N4O2. The van der Waals surface area contributed by atoms with E-state index in [-0.39, 0.29) is 5.91 Å². The number of carbonyl (C=O) groups excluding carboxylic acids is 1. The number of ether oxygens (including phenoxy) is 1. The van der Waals surface area contributed by atoms with Crippen LogP contribution in [0, 0.1) is 5.41 Å². The van der Waals surface area contributed by atoms with Gasteiger partial charge in [-0.25, -0.2) is 0 Å². The number of nitrogens with two attached hydrogens (primary N) is 1. The van der Waals surface area contributed by atoms with Crippen molar-refractivity contribution in [2.24, 2.45) is 0 Å². The van der Waals surface area contributed by atoms with E-state index >= 15 is 0 Å². The maximum Gasteiger partial charge on any atom is 0.251 e. The molecule has 0 unspecified atom stereocenters. The Balaban J connectivity index is 1.23. The number of benzene rings is 3. The second-order valence-corrected chi connectivity index (χ2v) is 9.47. The van der Waals surface area contributed by atoms with Gasteiger partial charge in [-0.1, -0.05) is 54.6 Å². The van der Waals surface area contributed by atoms with Gasteiger partial charge in [-0.2, -0.15) is 0 Å². The Morgan fingerprint density at radius 1 is 0.971 bits per heavy atom. The summed E-state index contributed by atoms with van der Waals surface area (Å²) in [4.78, 5) is 15.3. The quantitative estimate of drug-likeness (QED) is 0.358. The zero-order chi connectivity index (χ0) is 24.2. The molecule has 5 rings (SSSR count). The Kier molecular flexibility index (Phi) is 6.93. The van der Waals surface area contributed by atoms with Crippen LogP contribution in [0.25, 0.3) is 0 Å². The van der Waals surface area contributed by atoms with E-state index in [1.165, 1.54) is 5.56 Å². The number of nitrogens with zero attached hydrogens (tertiary/aromatic N) is 1. The van der Waals surface area contributed by atoms with Gasteiger partial charge in [0.15, 0.2) is 0 Å². The van der Waals surface area contributed by atoms with Crippen LogP contribution in [-0.2, 0) is 11.3 Å². The molecule has 2 aliphatic heterocycles. The first-order chi connectivity index (χ1) is 17.1. The van der Waals surface area contributed by atoms with Crippen LogP contribution in [0.4, 0.5) is 5.69 Å². The topological polar surface area (TPSA) is 91.4 Å². The lowest BCUT2D eigenvalue weighted by Crippen LogP contribution is -2.51. The molecule has 2 aliphatic rings. The summed E-state index contributed by atoms with van der Waals surface area (Å²) >= 11 is 0. The van der Waals surface area contributed by atoms with E-state index in [4.69, 9.17) is 15.9 Å². The average molecular weight is 469 g/mol. The fraction of sp³-hybridized carbons (Fsp3) is 0.310. The summed E-state index contributed by atoms with van der Waals surface area (Å²) in [6, 6.07) is 23.8. The summed E-state index contributed by atoms with van der Waals surface area (Å²) in [5.41, 5.74) is 11.2. The molecule has 6 heteroatoms. The Bertz CT molecular complexity index is 1180. The summed E-state index contributed by atoms with van der Waals surface area (Å²) < 4.78 is 5.34. The molecule has 0 radical (unpaired) electrons. The van der Waals surface area contributed by atoms with Gasteiger partial charge in [-0.3, -0.25) is 15.1 Å². The smallest absolute Gasteiger partial charge is 0.251 e. The van der Waals surface area contributed by atoms with Gasteiger partial charge in [0.25, 0.3) is 5.91 Å². The van der Waals surface area contributed by atoms with Gasteiger partial charge >= 0.3 is 0 Å². The highest BCUT2D eigenvalue weighted by atomic mass is 16.5. The number of carbonyl (C=O) groups is 1. The van der Waals surface area contributed by atoms with Gasteiger partial charge in [-0.15, -0.1) is 0 Å². The van der Waals surface area contributed by atoms with Crippen molar-refractivity contribution >= 4 is 17.3 Å². The first-order valence-corrected chi connectivity index (χ1v) is 12.3. The molecule has 35 heavy (non-hydrogen) atoms. The number of piperidine rings is 1. The third-order valence-electron chi connectivity index (χ3n) is 7.22. The second kappa shape index (κ2) is 10.4. The number of anilines is 1. The molecule has 0 bridgehead atoms. The molecule has 2 saturated heterocycles. The highest BCUT2D eigenvalue weighted by Gasteiger charge is 2.30. The van der Waals surface area contributed by atoms with Crippen molar-refractivity contribution in [2.45, 2.75) is 31.3 Å². The first-order valence-electron chi connectivity index (χ1n) is 12.3. The maximum absolute atomic E-state index is 12.7. The standard InChI is InChI=1S/C29H32N4O2/c30-27-11-10-24(29(34)32-17-20-4-2-1-3-5-20)16-26(27)28(31)23-8-6-21(7-9-23)22-12-14-33(15-13-22)25-18-35-19-25/h1-11,16,22,25,31H,12-15,17-19,30H2,(H,32,34). The van der Waals surface area contributed by atoms with Crippen LogP contribution in [0.3, 0.4) is 0 Å². The largest absolute Gasteiger partial charge is 0.398 e. The van der Waals surface area contributed by atoms with Crippen LogP contribution in [0.2, 0.25) is 0 Å². The lowest BCUT2D eigenvalue weighted by Gasteiger charge is -2.41. The fourth-order valence-corrected chi connectivity index (χ4v) is 4.90. The van der Waals surface area contributed by atoms with E-state index in [1.54, 1.807) is 18.2 Å². The van der Waals surface area contributed by atoms with Crippen molar-refractivity contribution in [2.75, 3.05) is 32.0 Å². The van der Waals surface area contributed by atoms with E-state index in [2.05, 4.69) is 22.3 Å². The fourth-order valence-electron chi connectivity index (χ4n) is 4.90. The Labute approximate surface area is 206 Å². The molecule has 4 N–H and O–H groups in total. The van der Waals surface area contributed by atoms with Gasteiger partial charge in [0.1, 0.15) is 0 Å². The molecule has 0 spiro atoms. The maximum atomic E-state index is 12.7. The van der Waals surface area contributed by atoms with E-state index in [0.717, 1.165) is 50.3 Å². The first kappa shape index (κ1) is 23.3. The highest BCUT2D eigenvalue weighted by molar-refractivity contribution is 6.14. The van der Waals surface area contributed by atoms with Crippen molar-refractivity contribution in [3.63, 3.8) is 0 Å². The van der Waals surface area contributed by atoms with Gasteiger partial charge < -0.3 is 15.8 Å². The Hall–Kier alpha value is -3.48. The summed E-state index contributed by atoms with van der Waals surface area (Å²) in [7, 11) is 0. The molecule has 2 fully saturated rings. The molecule has 3 aromatic carbocycles. The predicted molar refractivity (Wildman–Crippen MR) is 139 cm³/mol. The molecule has 1 amide bonds. The van der Waals surface area contributed by atoms with E-state index < -0.39 is 0 Å². The minimum Gasteiger partial charge on any atom is -0.398 e. The van der Waals surface area contributed by atoms with E-state index in [1.807, 2.05) is 42.5 Å². The zero-order valence-corrected chi connectivity index (χ0v) is 19.9. The lowest BCUT2D eigenvalue weighted by atomic mass is 9.87. The van der Waals surface area contributed by atoms with E-state index in [0.29, 0.717) is 41.0 Å². The minimum absolute atomic E-state index is 0.182. The van der Waals surface area contributed by atoms with Crippen molar-refractivity contribution in [1.29, 1.82) is 5.41 Å². The third kappa shape index (κ3) is 5.29. The normalized spacial score (nSPS) is 17.0. The Morgan fingerprint density at radius 3 is 2.31 bits per heavy atom. The molecular weight excluding hydrogens is 436 g/mol. The molecule has 0 saturated carbocycles. The van der Waals surface area contributed by atoms with Crippen LogP contribution in [-0.4, -0.2) is 48.9 Å². The molecule has 2 heterocycles. The Morgan fingerprint density at radius 2 is 1.66 bits per heavy atom. The van der Waals surface area contributed by atoms with Crippen LogP contribution < -0.4 is 11.1 Å². The SMILES string of the molecule is N=C(c1ccc(C2CCN(C3COC3)CC2)cc1)c1cc(C(=O)NCc2ccccc2)ccc1N. The number of rotatable bonds is 7. The van der Waals surface area contributed by atoms with Gasteiger partial charge in [-0.05, 0) is 61.2 Å². The molecule has 6 nitrogen and oxygen atoms in total. The zero-order valence-electron chi connectivity index (χ0n) is 19.9. The number of hydrogen-bond donors (Lipinski definition) is 3. The second-order valence-electron chi connectivity index (χ2n) is 9.47. The number of nitrogens with one attached hydrogen (secondary N) is 2. The van der Waals surface area contributed by atoms with Gasteiger partial charge in [0.2, 0.25) is 0 Å². The van der Waals surface area contributed by atoms with Crippen molar-refractivity contribution in [1.82, 2.24) is 10.2 Å². The lowest BCUT2D eigenvalue weighted by molar-refractivity contribution is -0.0712. The monoisotopic (exact) mass is 468 g/mol. The van der Waals surface area contributed by atoms with Crippen LogP contribution in [0.15, 0.2) is 72.8 Å². The number of nitrogen functional groups attached to an aromatic ring is 1. The summed E-state index contributed by atoms with van der Waals surface area (Å²) in [6.45, 7) is 4.44. The number of hydrogen-bond acceptors (Lipinski definition) is 5. The van der Waals surface area contributed by atoms with Crippen LogP contribution in [0.1, 0.15) is 51.4 Å². The van der Waals surface area contributed by atoms with Gasteiger partial charge in [0, 0.05) is 28.9 Å². The number of likely N-dealkylation sites (tertiary alicyclic amines) is 1. The molecule has 0 aromatic heterocycles. The highest BCUT2D eigenvalue weighted by Crippen LogP contribution is 2.30. The van der Waals surface area contributed by atoms with Crippen LogP contribution >= 0.6 is 0 Å². The van der Waals surface area contributed by atoms with Crippen LogP contribution in [0.5, 0.6) is 0 Å². The minimum atomic E-state index is -0.182. The van der Waals surface area contributed by atoms with Gasteiger partial charge in [0.05, 0.1) is 25.0 Å². The molecule has 180 valence electrons. The molecule has 0 aliphatic carbocycles. The summed E-state index contributed by atoms with van der Waals surface area (Å²) in [5, 5.41) is 11.7. The van der Waals surface area contributed by atoms with Crippen molar-refractivity contribution in [3.8, 4) is 0 Å². The molecule has 3 aromatic rings. The average Bonchev–Trinajstić information content (AvgIpc) is 2.87. The third-order valence-corrected chi connectivity index (χ3v) is 7.22. The predicted octanol–water partition coefficient (Wildman–Crippen LogP) is 4.19. The van der Waals surface area contributed by atoms with Crippen molar-refractivity contribution in [3.05, 3.63) is 101 Å². The van der Waals surface area contributed by atoms with Crippen molar-refractivity contribution < 1.29 is 9.53 Å².